The first-order valence-electron chi connectivity index (χ1n) is 16.6. The number of carbonyl (C=O) groups is 2. The summed E-state index contributed by atoms with van der Waals surface area (Å²) in [7, 11) is 0. The van der Waals surface area contributed by atoms with Crippen molar-refractivity contribution in [3.8, 4) is 12.1 Å². The standard InChI is InChI=1S/2C19H26N2O/c2*1-13(2)17-9-4-14(3)12-18(17)19(22)21-16-7-5-15(6-8-16)10-11-20/h2*5-8,13-14,17-18H,4,9-10,12H2,1-3H3,(H,21,22)/t2*14-,17+,18+/m11/s1. The van der Waals surface area contributed by atoms with Crippen molar-refractivity contribution in [3.05, 3.63) is 59.7 Å². The van der Waals surface area contributed by atoms with Gasteiger partial charge in [0.15, 0.2) is 0 Å². The van der Waals surface area contributed by atoms with Crippen LogP contribution in [0.4, 0.5) is 11.4 Å². The van der Waals surface area contributed by atoms with Crippen molar-refractivity contribution in [3.63, 3.8) is 0 Å². The zero-order chi connectivity index (χ0) is 32.2. The van der Waals surface area contributed by atoms with Gasteiger partial charge in [0.2, 0.25) is 11.8 Å². The summed E-state index contributed by atoms with van der Waals surface area (Å²) in [5, 5.41) is 23.5. The van der Waals surface area contributed by atoms with Crippen molar-refractivity contribution in [2.24, 2.45) is 47.3 Å². The highest BCUT2D eigenvalue weighted by atomic mass is 16.2. The number of nitrogens with one attached hydrogen (secondary N) is 2. The van der Waals surface area contributed by atoms with E-state index in [2.05, 4.69) is 64.3 Å². The molecule has 6 atom stereocenters. The van der Waals surface area contributed by atoms with Crippen molar-refractivity contribution in [2.75, 3.05) is 10.6 Å². The minimum Gasteiger partial charge on any atom is -0.326 e. The molecule has 44 heavy (non-hydrogen) atoms. The van der Waals surface area contributed by atoms with Gasteiger partial charge in [-0.05, 0) is 96.6 Å². The number of hydrogen-bond donors (Lipinski definition) is 2. The van der Waals surface area contributed by atoms with Gasteiger partial charge in [-0.25, -0.2) is 0 Å². The lowest BCUT2D eigenvalue weighted by Crippen LogP contribution is -2.36. The van der Waals surface area contributed by atoms with Crippen LogP contribution in [0.15, 0.2) is 48.5 Å². The molecule has 0 aromatic heterocycles. The Hall–Kier alpha value is -3.64. The highest BCUT2D eigenvalue weighted by Gasteiger charge is 2.36. The topological polar surface area (TPSA) is 106 Å². The predicted octanol–water partition coefficient (Wildman–Crippen LogP) is 8.80. The quantitative estimate of drug-likeness (QED) is 0.318. The summed E-state index contributed by atoms with van der Waals surface area (Å²) in [6, 6.07) is 19.4. The monoisotopic (exact) mass is 596 g/mol. The second kappa shape index (κ2) is 17.0. The van der Waals surface area contributed by atoms with Gasteiger partial charge in [0.25, 0.3) is 0 Å². The summed E-state index contributed by atoms with van der Waals surface area (Å²) < 4.78 is 0. The summed E-state index contributed by atoms with van der Waals surface area (Å²) in [4.78, 5) is 25.4. The molecule has 2 aliphatic carbocycles. The molecule has 2 aromatic rings. The van der Waals surface area contributed by atoms with Crippen LogP contribution in [0.5, 0.6) is 0 Å². The molecular formula is C38H52N4O2. The Balaban J connectivity index is 0.000000240. The van der Waals surface area contributed by atoms with Gasteiger partial charge in [0.1, 0.15) is 0 Å². The smallest absolute Gasteiger partial charge is 0.227 e. The van der Waals surface area contributed by atoms with E-state index in [1.165, 1.54) is 12.8 Å². The van der Waals surface area contributed by atoms with Crippen LogP contribution >= 0.6 is 0 Å². The molecule has 2 N–H and O–H groups in total. The fourth-order valence-electron chi connectivity index (χ4n) is 7.07. The third kappa shape index (κ3) is 10.2. The van der Waals surface area contributed by atoms with Crippen LogP contribution in [0.1, 0.15) is 91.2 Å². The lowest BCUT2D eigenvalue weighted by atomic mass is 9.70. The Morgan fingerprint density at radius 1 is 0.659 bits per heavy atom. The number of nitrogens with zero attached hydrogens (tertiary/aromatic N) is 2. The van der Waals surface area contributed by atoms with Gasteiger partial charge < -0.3 is 10.6 Å². The van der Waals surface area contributed by atoms with E-state index in [1.807, 2.05) is 48.5 Å². The van der Waals surface area contributed by atoms with Crippen LogP contribution in [0.3, 0.4) is 0 Å². The number of benzene rings is 2. The van der Waals surface area contributed by atoms with Gasteiger partial charge in [-0.3, -0.25) is 9.59 Å². The number of amides is 2. The third-order valence-corrected chi connectivity index (χ3v) is 9.73. The molecule has 0 saturated heterocycles. The van der Waals surface area contributed by atoms with E-state index in [4.69, 9.17) is 10.5 Å². The van der Waals surface area contributed by atoms with E-state index in [9.17, 15) is 9.59 Å². The minimum atomic E-state index is 0.113. The lowest BCUT2D eigenvalue weighted by Gasteiger charge is -2.36. The number of anilines is 2. The van der Waals surface area contributed by atoms with Crippen molar-refractivity contribution in [1.82, 2.24) is 0 Å². The van der Waals surface area contributed by atoms with Gasteiger partial charge in [0.05, 0.1) is 25.0 Å². The molecule has 2 aliphatic rings. The first-order chi connectivity index (χ1) is 21.0. The molecule has 2 aromatic carbocycles. The Kier molecular flexibility index (Phi) is 13.5. The molecule has 6 heteroatoms. The van der Waals surface area contributed by atoms with Crippen molar-refractivity contribution < 1.29 is 9.59 Å². The Morgan fingerprint density at radius 2 is 1.00 bits per heavy atom. The number of rotatable bonds is 8. The lowest BCUT2D eigenvalue weighted by molar-refractivity contribution is -0.124. The fourth-order valence-corrected chi connectivity index (χ4v) is 7.07. The molecule has 2 saturated carbocycles. The van der Waals surface area contributed by atoms with Crippen LogP contribution in [0, 0.1) is 70.0 Å². The van der Waals surface area contributed by atoms with Crippen molar-refractivity contribution in [1.29, 1.82) is 10.5 Å². The zero-order valence-electron chi connectivity index (χ0n) is 27.6. The van der Waals surface area contributed by atoms with Crippen molar-refractivity contribution in [2.45, 2.75) is 92.9 Å². The molecule has 6 nitrogen and oxygen atoms in total. The van der Waals surface area contributed by atoms with E-state index in [0.29, 0.717) is 48.3 Å². The number of carbonyl (C=O) groups excluding carboxylic acids is 2. The van der Waals surface area contributed by atoms with E-state index >= 15 is 0 Å². The van der Waals surface area contributed by atoms with Crippen LogP contribution in [-0.4, -0.2) is 11.8 Å². The summed E-state index contributed by atoms with van der Waals surface area (Å²) in [6.07, 6.45) is 7.55. The maximum Gasteiger partial charge on any atom is 0.227 e. The summed E-state index contributed by atoms with van der Waals surface area (Å²) >= 11 is 0. The Labute approximate surface area is 265 Å². The Bertz CT molecular complexity index is 1180. The number of hydrogen-bond acceptors (Lipinski definition) is 4. The van der Waals surface area contributed by atoms with E-state index in [0.717, 1.165) is 48.2 Å². The van der Waals surface area contributed by atoms with Crippen LogP contribution < -0.4 is 10.6 Å². The molecule has 0 aliphatic heterocycles. The van der Waals surface area contributed by atoms with Crippen molar-refractivity contribution >= 4 is 23.2 Å². The molecule has 4 rings (SSSR count). The van der Waals surface area contributed by atoms with E-state index in [1.54, 1.807) is 0 Å². The molecule has 0 heterocycles. The van der Waals surface area contributed by atoms with Crippen LogP contribution in [0.25, 0.3) is 0 Å². The first kappa shape index (κ1) is 34.8. The summed E-state index contributed by atoms with van der Waals surface area (Å²) in [6.45, 7) is 13.4. The fraction of sp³-hybridized carbons (Fsp3) is 0.579. The molecule has 2 amide bonds. The minimum absolute atomic E-state index is 0.113. The summed E-state index contributed by atoms with van der Waals surface area (Å²) in [5.74, 6) is 3.83. The Morgan fingerprint density at radius 3 is 1.30 bits per heavy atom. The average molecular weight is 597 g/mol. The van der Waals surface area contributed by atoms with Gasteiger partial charge in [-0.15, -0.1) is 0 Å². The van der Waals surface area contributed by atoms with Gasteiger partial charge >= 0.3 is 0 Å². The van der Waals surface area contributed by atoms with Crippen LogP contribution in [-0.2, 0) is 22.4 Å². The molecule has 236 valence electrons. The van der Waals surface area contributed by atoms with Gasteiger partial charge in [0, 0.05) is 23.2 Å². The maximum atomic E-state index is 12.7. The summed E-state index contributed by atoms with van der Waals surface area (Å²) in [5.41, 5.74) is 3.61. The molecule has 0 unspecified atom stereocenters. The molecular weight excluding hydrogens is 544 g/mol. The molecule has 0 spiro atoms. The number of nitriles is 2. The average Bonchev–Trinajstić information content (AvgIpc) is 2.99. The van der Waals surface area contributed by atoms with E-state index in [-0.39, 0.29) is 23.7 Å². The predicted molar refractivity (Wildman–Crippen MR) is 178 cm³/mol. The SMILES string of the molecule is CC(C)[C@@H]1CC[C@@H](C)C[C@@H]1C(=O)Nc1ccc(CC#N)cc1.CC(C)[C@@H]1CC[C@@H](C)C[C@@H]1C(=O)Nc1ccc(CC#N)cc1. The van der Waals surface area contributed by atoms with Gasteiger partial charge in [-0.1, -0.05) is 78.6 Å². The second-order valence-electron chi connectivity index (χ2n) is 13.9. The molecule has 2 fully saturated rings. The van der Waals surface area contributed by atoms with Crippen LogP contribution in [0.2, 0.25) is 0 Å². The highest BCUT2D eigenvalue weighted by Crippen LogP contribution is 2.39. The molecule has 0 bridgehead atoms. The zero-order valence-corrected chi connectivity index (χ0v) is 27.6. The molecule has 0 radical (unpaired) electrons. The highest BCUT2D eigenvalue weighted by molar-refractivity contribution is 5.93. The second-order valence-corrected chi connectivity index (χ2v) is 13.9. The third-order valence-electron chi connectivity index (χ3n) is 9.73. The maximum absolute atomic E-state index is 12.7. The normalized spacial score (nSPS) is 24.8. The first-order valence-corrected chi connectivity index (χ1v) is 16.6. The van der Waals surface area contributed by atoms with E-state index < -0.39 is 0 Å². The van der Waals surface area contributed by atoms with Gasteiger partial charge in [-0.2, -0.15) is 10.5 Å². The largest absolute Gasteiger partial charge is 0.326 e.